The molecule has 9 nitrogen and oxygen atoms in total. The third kappa shape index (κ3) is 3.37. The van der Waals surface area contributed by atoms with E-state index in [9.17, 15) is 22.8 Å². The maximum Gasteiger partial charge on any atom is 0.263 e. The highest BCUT2D eigenvalue weighted by molar-refractivity contribution is 7.92. The molecule has 0 saturated carbocycles. The fourth-order valence-corrected chi connectivity index (χ4v) is 4.20. The van der Waals surface area contributed by atoms with Crippen molar-refractivity contribution in [1.29, 1.82) is 0 Å². The molecule has 4 rings (SSSR count). The Morgan fingerprint density at radius 2 is 1.77 bits per heavy atom. The van der Waals surface area contributed by atoms with Gasteiger partial charge in [0.1, 0.15) is 5.82 Å². The van der Waals surface area contributed by atoms with Crippen molar-refractivity contribution >= 4 is 44.5 Å². The SMILES string of the molecule is CCNC(=O)c1cc(NS(=O)(=O)c2ccc3c(c2)C(=O)NC3=O)nc2ccccc12. The molecule has 3 aromatic rings. The number of pyridine rings is 1. The minimum absolute atomic E-state index is 0.0163. The van der Waals surface area contributed by atoms with E-state index in [0.29, 0.717) is 17.4 Å². The number of aromatic nitrogens is 1. The number of carbonyl (C=O) groups is 3. The van der Waals surface area contributed by atoms with E-state index in [2.05, 4.69) is 20.3 Å². The largest absolute Gasteiger partial charge is 0.352 e. The molecule has 0 spiro atoms. The summed E-state index contributed by atoms with van der Waals surface area (Å²) in [5.74, 6) is -1.63. The number of para-hydroxylation sites is 1. The fraction of sp³-hybridized carbons (Fsp3) is 0.100. The quantitative estimate of drug-likeness (QED) is 0.534. The molecule has 0 unspecified atom stereocenters. The zero-order chi connectivity index (χ0) is 21.5. The van der Waals surface area contributed by atoms with E-state index in [0.717, 1.165) is 6.07 Å². The molecule has 2 heterocycles. The summed E-state index contributed by atoms with van der Waals surface area (Å²) >= 11 is 0. The number of carbonyl (C=O) groups excluding carboxylic acids is 3. The first kappa shape index (κ1) is 19.5. The normalized spacial score (nSPS) is 13.1. The lowest BCUT2D eigenvalue weighted by Gasteiger charge is -2.12. The molecule has 10 heteroatoms. The number of benzene rings is 2. The Hall–Kier alpha value is -3.79. The molecule has 0 saturated heterocycles. The third-order valence-electron chi connectivity index (χ3n) is 4.55. The van der Waals surface area contributed by atoms with Crippen molar-refractivity contribution < 1.29 is 22.8 Å². The summed E-state index contributed by atoms with van der Waals surface area (Å²) in [7, 11) is -4.13. The summed E-state index contributed by atoms with van der Waals surface area (Å²) in [5.41, 5.74) is 0.815. The molecule has 30 heavy (non-hydrogen) atoms. The lowest BCUT2D eigenvalue weighted by Crippen LogP contribution is -2.23. The van der Waals surface area contributed by atoms with Crippen LogP contribution in [0.15, 0.2) is 53.4 Å². The highest BCUT2D eigenvalue weighted by atomic mass is 32.2. The summed E-state index contributed by atoms with van der Waals surface area (Å²) in [5, 5.41) is 5.39. The van der Waals surface area contributed by atoms with Crippen LogP contribution in [0.2, 0.25) is 0 Å². The number of fused-ring (bicyclic) bond motifs is 2. The van der Waals surface area contributed by atoms with Crippen LogP contribution in [0.1, 0.15) is 38.0 Å². The van der Waals surface area contributed by atoms with Crippen molar-refractivity contribution in [2.24, 2.45) is 0 Å². The first-order valence-electron chi connectivity index (χ1n) is 9.00. The molecule has 3 N–H and O–H groups in total. The van der Waals surface area contributed by atoms with Gasteiger partial charge in [-0.15, -0.1) is 0 Å². The highest BCUT2D eigenvalue weighted by Crippen LogP contribution is 2.25. The summed E-state index contributed by atoms with van der Waals surface area (Å²) in [4.78, 5) is 40.0. The molecule has 0 atom stereocenters. The van der Waals surface area contributed by atoms with Crippen molar-refractivity contribution in [2.75, 3.05) is 11.3 Å². The second kappa shape index (κ2) is 7.23. The number of rotatable bonds is 5. The number of sulfonamides is 1. The lowest BCUT2D eigenvalue weighted by molar-refractivity contribution is 0.0878. The van der Waals surface area contributed by atoms with E-state index in [1.54, 1.807) is 31.2 Å². The van der Waals surface area contributed by atoms with Crippen LogP contribution >= 0.6 is 0 Å². The maximum atomic E-state index is 12.9. The predicted octanol–water partition coefficient (Wildman–Crippen LogP) is 1.67. The Bertz CT molecular complexity index is 1330. The van der Waals surface area contributed by atoms with Crippen LogP contribution in [0.5, 0.6) is 0 Å². The van der Waals surface area contributed by atoms with Gasteiger partial charge < -0.3 is 5.32 Å². The van der Waals surface area contributed by atoms with Crippen molar-refractivity contribution in [3.8, 4) is 0 Å². The maximum absolute atomic E-state index is 12.9. The van der Waals surface area contributed by atoms with Crippen LogP contribution < -0.4 is 15.4 Å². The molecule has 152 valence electrons. The number of hydrogen-bond acceptors (Lipinski definition) is 6. The van der Waals surface area contributed by atoms with E-state index in [1.165, 1.54) is 18.2 Å². The standard InChI is InChI=1S/C20H16N4O5S/c1-2-21-18(25)15-10-17(22-16-6-4-3-5-12(15)16)24-30(28,29)11-7-8-13-14(9-11)20(27)23-19(13)26/h3-10H,2H2,1H3,(H,21,25)(H,22,24)(H,23,26,27). The van der Waals surface area contributed by atoms with Gasteiger partial charge in [-0.2, -0.15) is 0 Å². The molecule has 3 amide bonds. The number of nitrogens with zero attached hydrogens (tertiary/aromatic N) is 1. The number of hydrogen-bond donors (Lipinski definition) is 3. The Kier molecular flexibility index (Phi) is 4.70. The molecule has 1 aromatic heterocycles. The molecule has 1 aliphatic heterocycles. The van der Waals surface area contributed by atoms with Crippen LogP contribution in [0.4, 0.5) is 5.82 Å². The van der Waals surface area contributed by atoms with Gasteiger partial charge in [-0.3, -0.25) is 24.4 Å². The van der Waals surface area contributed by atoms with Crippen LogP contribution in [0.25, 0.3) is 10.9 Å². The van der Waals surface area contributed by atoms with Gasteiger partial charge in [0.2, 0.25) is 0 Å². The van der Waals surface area contributed by atoms with Crippen LogP contribution in [-0.4, -0.2) is 37.7 Å². The van der Waals surface area contributed by atoms with E-state index in [4.69, 9.17) is 0 Å². The van der Waals surface area contributed by atoms with Gasteiger partial charge in [-0.05, 0) is 37.3 Å². The van der Waals surface area contributed by atoms with Gasteiger partial charge in [0.15, 0.2) is 0 Å². The van der Waals surface area contributed by atoms with Crippen molar-refractivity contribution in [1.82, 2.24) is 15.6 Å². The van der Waals surface area contributed by atoms with E-state index >= 15 is 0 Å². The lowest BCUT2D eigenvalue weighted by atomic mass is 10.1. The van der Waals surface area contributed by atoms with Gasteiger partial charge in [0, 0.05) is 11.9 Å². The zero-order valence-electron chi connectivity index (χ0n) is 15.7. The van der Waals surface area contributed by atoms with Gasteiger partial charge in [0.25, 0.3) is 27.7 Å². The van der Waals surface area contributed by atoms with Gasteiger partial charge in [0.05, 0.1) is 27.1 Å². The molecule has 0 bridgehead atoms. The van der Waals surface area contributed by atoms with E-state index in [1.807, 2.05) is 0 Å². The monoisotopic (exact) mass is 424 g/mol. The fourth-order valence-electron chi connectivity index (χ4n) is 3.18. The first-order valence-corrected chi connectivity index (χ1v) is 10.5. The zero-order valence-corrected chi connectivity index (χ0v) is 16.5. The number of nitrogens with one attached hydrogen (secondary N) is 3. The molecule has 0 radical (unpaired) electrons. The topological polar surface area (TPSA) is 134 Å². The molecule has 1 aliphatic rings. The van der Waals surface area contributed by atoms with Gasteiger partial charge >= 0.3 is 0 Å². The molecular formula is C20H16N4O5S. The van der Waals surface area contributed by atoms with Crippen LogP contribution in [-0.2, 0) is 10.0 Å². The highest BCUT2D eigenvalue weighted by Gasteiger charge is 2.29. The smallest absolute Gasteiger partial charge is 0.263 e. The van der Waals surface area contributed by atoms with Gasteiger partial charge in [-0.1, -0.05) is 18.2 Å². The summed E-state index contributed by atoms with van der Waals surface area (Å²) in [6.07, 6.45) is 0. The molecule has 0 aliphatic carbocycles. The number of anilines is 1. The Labute approximate surface area is 171 Å². The van der Waals surface area contributed by atoms with Crippen molar-refractivity contribution in [2.45, 2.75) is 11.8 Å². The van der Waals surface area contributed by atoms with Gasteiger partial charge in [-0.25, -0.2) is 13.4 Å². The third-order valence-corrected chi connectivity index (χ3v) is 5.91. The number of imide groups is 1. The average Bonchev–Trinajstić information content (AvgIpc) is 3.00. The predicted molar refractivity (Wildman–Crippen MR) is 109 cm³/mol. The van der Waals surface area contributed by atoms with E-state index in [-0.39, 0.29) is 33.3 Å². The minimum atomic E-state index is -4.13. The first-order chi connectivity index (χ1) is 14.3. The summed E-state index contributed by atoms with van der Waals surface area (Å²) in [6.45, 7) is 2.19. The summed E-state index contributed by atoms with van der Waals surface area (Å²) in [6, 6.07) is 11.9. The molecule has 0 fully saturated rings. The van der Waals surface area contributed by atoms with Crippen molar-refractivity contribution in [3.63, 3.8) is 0 Å². The molecule has 2 aromatic carbocycles. The van der Waals surface area contributed by atoms with Crippen LogP contribution in [0.3, 0.4) is 0 Å². The van der Waals surface area contributed by atoms with E-state index < -0.39 is 21.8 Å². The Morgan fingerprint density at radius 1 is 1.03 bits per heavy atom. The average molecular weight is 424 g/mol. The Balaban J connectivity index is 1.75. The van der Waals surface area contributed by atoms with Crippen LogP contribution in [0, 0.1) is 0 Å². The van der Waals surface area contributed by atoms with Crippen molar-refractivity contribution in [3.05, 3.63) is 65.2 Å². The Morgan fingerprint density at radius 3 is 2.53 bits per heavy atom. The second-order valence-electron chi connectivity index (χ2n) is 6.53. The minimum Gasteiger partial charge on any atom is -0.352 e. The molecular weight excluding hydrogens is 408 g/mol. The summed E-state index contributed by atoms with van der Waals surface area (Å²) < 4.78 is 28.1. The second-order valence-corrected chi connectivity index (χ2v) is 8.21. The number of amides is 3.